The highest BCUT2D eigenvalue weighted by molar-refractivity contribution is 14.1. The third kappa shape index (κ3) is 1.96. The van der Waals surface area contributed by atoms with E-state index in [4.69, 9.17) is 0 Å². The molecule has 2 aromatic heterocycles. The molecule has 6 nitrogen and oxygen atoms in total. The first-order valence-corrected chi connectivity index (χ1v) is 5.05. The molecule has 7 heteroatoms. The van der Waals surface area contributed by atoms with E-state index in [-0.39, 0.29) is 5.69 Å². The van der Waals surface area contributed by atoms with Gasteiger partial charge in [0.05, 0.1) is 14.7 Å². The highest BCUT2D eigenvalue weighted by Gasteiger charge is 2.15. The van der Waals surface area contributed by atoms with Gasteiger partial charge in [0.15, 0.2) is 0 Å². The summed E-state index contributed by atoms with van der Waals surface area (Å²) in [4.78, 5) is 14.0. The Bertz CT molecular complexity index is 511. The quantitative estimate of drug-likeness (QED) is 0.481. The number of hydrogen-bond donors (Lipinski definition) is 0. The Kier molecular flexibility index (Phi) is 2.62. The summed E-state index contributed by atoms with van der Waals surface area (Å²) in [6, 6.07) is 1.56. The predicted molar refractivity (Wildman–Crippen MR) is 60.7 cm³/mol. The van der Waals surface area contributed by atoms with Gasteiger partial charge in [-0.2, -0.15) is 5.10 Å². The van der Waals surface area contributed by atoms with Crippen LogP contribution >= 0.6 is 22.6 Å². The maximum Gasteiger partial charge on any atom is 0.312 e. The zero-order valence-electron chi connectivity index (χ0n) is 7.37. The Balaban J connectivity index is 2.57. The third-order valence-electron chi connectivity index (χ3n) is 1.77. The lowest BCUT2D eigenvalue weighted by Crippen LogP contribution is -2.00. The molecule has 0 unspecified atom stereocenters. The molecule has 15 heavy (non-hydrogen) atoms. The molecule has 0 saturated heterocycles. The molecule has 0 aliphatic heterocycles. The summed E-state index contributed by atoms with van der Waals surface area (Å²) in [5.74, 6) is 0. The highest BCUT2D eigenvalue weighted by Crippen LogP contribution is 2.20. The van der Waals surface area contributed by atoms with Gasteiger partial charge in [-0.25, -0.2) is 4.68 Å². The Morgan fingerprint density at radius 2 is 2.27 bits per heavy atom. The summed E-state index contributed by atoms with van der Waals surface area (Å²) >= 11 is 2.09. The van der Waals surface area contributed by atoms with Crippen LogP contribution in [-0.2, 0) is 0 Å². The van der Waals surface area contributed by atoms with Gasteiger partial charge in [0.25, 0.3) is 0 Å². The summed E-state index contributed by atoms with van der Waals surface area (Å²) in [6.07, 6.45) is 6.05. The normalized spacial score (nSPS) is 10.2. The van der Waals surface area contributed by atoms with Gasteiger partial charge in [0.1, 0.15) is 11.9 Å². The van der Waals surface area contributed by atoms with Crippen LogP contribution in [0.1, 0.15) is 0 Å². The van der Waals surface area contributed by atoms with Crippen LogP contribution in [0.3, 0.4) is 0 Å². The topological polar surface area (TPSA) is 73.8 Å². The van der Waals surface area contributed by atoms with Crippen molar-refractivity contribution in [3.05, 3.63) is 44.5 Å². The van der Waals surface area contributed by atoms with E-state index < -0.39 is 4.92 Å². The van der Waals surface area contributed by atoms with Crippen LogP contribution < -0.4 is 0 Å². The molecule has 0 saturated carbocycles. The van der Waals surface area contributed by atoms with Crippen molar-refractivity contribution >= 4 is 28.3 Å². The van der Waals surface area contributed by atoms with E-state index in [0.717, 1.165) is 3.57 Å². The summed E-state index contributed by atoms with van der Waals surface area (Å²) in [6.45, 7) is 0. The van der Waals surface area contributed by atoms with Crippen LogP contribution in [0.4, 0.5) is 5.69 Å². The number of rotatable bonds is 2. The molecule has 0 aliphatic rings. The summed E-state index contributed by atoms with van der Waals surface area (Å²) in [7, 11) is 0. The Hall–Kier alpha value is -1.51. The minimum atomic E-state index is -0.475. The number of nitro groups is 1. The first-order chi connectivity index (χ1) is 7.18. The first-order valence-electron chi connectivity index (χ1n) is 3.97. The number of halogens is 1. The van der Waals surface area contributed by atoms with Gasteiger partial charge in [-0.15, -0.1) is 0 Å². The van der Waals surface area contributed by atoms with Gasteiger partial charge in [0.2, 0.25) is 0 Å². The van der Waals surface area contributed by atoms with Crippen molar-refractivity contribution in [3.63, 3.8) is 0 Å². The predicted octanol–water partition coefficient (Wildman–Crippen LogP) is 1.78. The third-order valence-corrected chi connectivity index (χ3v) is 2.33. The van der Waals surface area contributed by atoms with Crippen molar-refractivity contribution in [2.45, 2.75) is 0 Å². The molecule has 0 bridgehead atoms. The fourth-order valence-electron chi connectivity index (χ4n) is 1.15. The average Bonchev–Trinajstić information content (AvgIpc) is 2.65. The zero-order valence-corrected chi connectivity index (χ0v) is 9.53. The van der Waals surface area contributed by atoms with Gasteiger partial charge in [-0.1, -0.05) is 0 Å². The molecule has 0 aliphatic carbocycles. The first kappa shape index (κ1) is 10.0. The van der Waals surface area contributed by atoms with Crippen LogP contribution in [0.25, 0.3) is 5.69 Å². The van der Waals surface area contributed by atoms with Gasteiger partial charge < -0.3 is 0 Å². The van der Waals surface area contributed by atoms with E-state index in [9.17, 15) is 10.1 Å². The molecule has 0 atom stereocenters. The lowest BCUT2D eigenvalue weighted by Gasteiger charge is -2.00. The van der Waals surface area contributed by atoms with Gasteiger partial charge in [0, 0.05) is 12.4 Å². The molecule has 76 valence electrons. The number of aromatic nitrogens is 3. The summed E-state index contributed by atoms with van der Waals surface area (Å²) in [5, 5.41) is 14.7. The summed E-state index contributed by atoms with van der Waals surface area (Å²) in [5.41, 5.74) is 0.356. The second-order valence-corrected chi connectivity index (χ2v) is 3.97. The fraction of sp³-hybridized carbons (Fsp3) is 0. The zero-order chi connectivity index (χ0) is 10.8. The minimum Gasteiger partial charge on any atom is -0.258 e. The van der Waals surface area contributed by atoms with E-state index in [2.05, 4.69) is 32.7 Å². The molecule has 0 radical (unpaired) electrons. The Labute approximate surface area is 98.2 Å². The second-order valence-electron chi connectivity index (χ2n) is 2.72. The van der Waals surface area contributed by atoms with E-state index in [1.165, 1.54) is 17.1 Å². The molecule has 0 spiro atoms. The molecule has 2 rings (SSSR count). The maximum absolute atomic E-state index is 10.7. The van der Waals surface area contributed by atoms with Crippen molar-refractivity contribution in [2.75, 3.05) is 0 Å². The molecule has 2 aromatic rings. The van der Waals surface area contributed by atoms with Gasteiger partial charge in [-0.05, 0) is 28.7 Å². The number of nitrogens with zero attached hydrogens (tertiary/aromatic N) is 4. The van der Waals surface area contributed by atoms with E-state index >= 15 is 0 Å². The lowest BCUT2D eigenvalue weighted by atomic mass is 10.3. The van der Waals surface area contributed by atoms with Crippen molar-refractivity contribution in [2.24, 2.45) is 0 Å². The van der Waals surface area contributed by atoms with Crippen LogP contribution in [0.5, 0.6) is 0 Å². The molecule has 0 N–H and O–H groups in total. The minimum absolute atomic E-state index is 0.0583. The SMILES string of the molecule is O=[N+]([O-])c1cnccc1-n1cc(I)cn1. The van der Waals surface area contributed by atoms with Crippen LogP contribution in [0.2, 0.25) is 0 Å². The standard InChI is InChI=1S/C8H5IN4O2/c9-6-3-11-12(5-6)7-1-2-10-4-8(7)13(14)15/h1-5H. The van der Waals surface area contributed by atoms with Crippen LogP contribution in [-0.4, -0.2) is 19.7 Å². The number of pyridine rings is 1. The maximum atomic E-state index is 10.7. The molecule has 2 heterocycles. The largest absolute Gasteiger partial charge is 0.312 e. The summed E-state index contributed by atoms with van der Waals surface area (Å²) < 4.78 is 2.38. The lowest BCUT2D eigenvalue weighted by molar-refractivity contribution is -0.385. The molecule has 0 fully saturated rings. The highest BCUT2D eigenvalue weighted by atomic mass is 127. The molecular weight excluding hydrogens is 311 g/mol. The Morgan fingerprint density at radius 1 is 1.47 bits per heavy atom. The van der Waals surface area contributed by atoms with Crippen LogP contribution in [0.15, 0.2) is 30.9 Å². The van der Waals surface area contributed by atoms with E-state index in [0.29, 0.717) is 5.69 Å². The van der Waals surface area contributed by atoms with Crippen molar-refractivity contribution in [1.82, 2.24) is 14.8 Å². The van der Waals surface area contributed by atoms with Gasteiger partial charge >= 0.3 is 5.69 Å². The molecular formula is C8H5IN4O2. The van der Waals surface area contributed by atoms with E-state index in [1.54, 1.807) is 18.5 Å². The fourth-order valence-corrected chi connectivity index (χ4v) is 1.53. The molecule has 0 amide bonds. The van der Waals surface area contributed by atoms with Crippen LogP contribution in [0, 0.1) is 13.7 Å². The van der Waals surface area contributed by atoms with Gasteiger partial charge in [-0.3, -0.25) is 15.1 Å². The molecule has 0 aromatic carbocycles. The monoisotopic (exact) mass is 316 g/mol. The van der Waals surface area contributed by atoms with Crippen molar-refractivity contribution in [3.8, 4) is 5.69 Å². The van der Waals surface area contributed by atoms with Crippen molar-refractivity contribution < 1.29 is 4.92 Å². The number of hydrogen-bond acceptors (Lipinski definition) is 4. The van der Waals surface area contributed by atoms with Crippen molar-refractivity contribution in [1.29, 1.82) is 0 Å². The van der Waals surface area contributed by atoms with E-state index in [1.807, 2.05) is 0 Å². The smallest absolute Gasteiger partial charge is 0.258 e. The second kappa shape index (κ2) is 3.93. The Morgan fingerprint density at radius 3 is 2.87 bits per heavy atom. The average molecular weight is 316 g/mol.